The molecule has 0 bridgehead atoms. The normalized spacial score (nSPS) is 11.6. The van der Waals surface area contributed by atoms with E-state index in [1.807, 2.05) is 0 Å². The van der Waals surface area contributed by atoms with Crippen LogP contribution in [-0.2, 0) is 14.4 Å². The van der Waals surface area contributed by atoms with Crippen molar-refractivity contribution in [3.63, 3.8) is 0 Å². The molecule has 0 saturated heterocycles. The first-order valence-corrected chi connectivity index (χ1v) is 4.79. The van der Waals surface area contributed by atoms with E-state index in [9.17, 15) is 14.4 Å². The van der Waals surface area contributed by atoms with Gasteiger partial charge in [-0.3, -0.25) is 14.4 Å². The molecule has 0 unspecified atom stereocenters. The zero-order valence-corrected chi connectivity index (χ0v) is 13.6. The van der Waals surface area contributed by atoms with E-state index in [0.717, 1.165) is 0 Å². The number of carbonyl (C=O) groups excluding carboxylic acids is 2. The number of rotatable bonds is 4. The second kappa shape index (κ2) is 6.19. The Labute approximate surface area is 129 Å². The first kappa shape index (κ1) is 18.5. The molecular formula is C11H18NdO4. The van der Waals surface area contributed by atoms with Gasteiger partial charge in [0.2, 0.25) is 0 Å². The molecule has 0 heterocycles. The Hall–Kier alpha value is 0.161. The molecule has 5 heteroatoms. The summed E-state index contributed by atoms with van der Waals surface area (Å²) in [4.78, 5) is 33.9. The average molecular weight is 359 g/mol. The fourth-order valence-corrected chi connectivity index (χ4v) is 0.751. The molecule has 0 aliphatic rings. The predicted octanol–water partition coefficient (Wildman–Crippen LogP) is 1.67. The van der Waals surface area contributed by atoms with E-state index >= 15 is 0 Å². The molecule has 90 valence electrons. The summed E-state index contributed by atoms with van der Waals surface area (Å²) in [6.45, 7) is 7.74. The van der Waals surface area contributed by atoms with Crippen molar-refractivity contribution < 1.29 is 60.3 Å². The van der Waals surface area contributed by atoms with Crippen molar-refractivity contribution in [2.24, 2.45) is 10.8 Å². The standard InChI is InChI=1S/C11H18O4.Nd/c1-10(2,3)7(12)6-8(13)11(4,5)9(14)15;/h6H2,1-5H3,(H,14,15);. The minimum Gasteiger partial charge on any atom is -0.481 e. The maximum Gasteiger partial charge on any atom is 0.316 e. The molecule has 0 radical (unpaired) electrons. The number of carbonyl (C=O) groups is 3. The SMILES string of the molecule is CC(C)(C)C(=O)CC(=O)C(C)(C)C(=O)O.[Nd]. The molecule has 0 rings (SSSR count). The van der Waals surface area contributed by atoms with Crippen molar-refractivity contribution in [2.45, 2.75) is 41.0 Å². The van der Waals surface area contributed by atoms with Gasteiger partial charge in [0.05, 0.1) is 6.42 Å². The second-order valence-corrected chi connectivity index (χ2v) is 5.20. The van der Waals surface area contributed by atoms with Crippen molar-refractivity contribution in [1.82, 2.24) is 0 Å². The van der Waals surface area contributed by atoms with Crippen molar-refractivity contribution in [1.29, 1.82) is 0 Å². The van der Waals surface area contributed by atoms with E-state index in [1.165, 1.54) is 13.8 Å². The number of Topliss-reactive ketones (excluding diaryl/α,β-unsaturated/α-hetero) is 2. The summed E-state index contributed by atoms with van der Waals surface area (Å²) >= 11 is 0. The van der Waals surface area contributed by atoms with Crippen LogP contribution in [0.1, 0.15) is 41.0 Å². The minimum absolute atomic E-state index is 0. The molecule has 16 heavy (non-hydrogen) atoms. The van der Waals surface area contributed by atoms with Crippen LogP contribution in [0.15, 0.2) is 0 Å². The van der Waals surface area contributed by atoms with E-state index in [0.29, 0.717) is 0 Å². The van der Waals surface area contributed by atoms with Gasteiger partial charge in [0.25, 0.3) is 0 Å². The zero-order valence-electron chi connectivity index (χ0n) is 10.4. The van der Waals surface area contributed by atoms with Crippen molar-refractivity contribution in [3.8, 4) is 0 Å². The van der Waals surface area contributed by atoms with Gasteiger partial charge in [0.15, 0.2) is 5.78 Å². The molecule has 0 amide bonds. The van der Waals surface area contributed by atoms with Crippen LogP contribution in [0.3, 0.4) is 0 Å². The second-order valence-electron chi connectivity index (χ2n) is 5.20. The van der Waals surface area contributed by atoms with E-state index < -0.39 is 22.6 Å². The van der Waals surface area contributed by atoms with Gasteiger partial charge >= 0.3 is 5.97 Å². The van der Waals surface area contributed by atoms with Gasteiger partial charge in [-0.25, -0.2) is 0 Å². The smallest absolute Gasteiger partial charge is 0.316 e. The number of hydrogen-bond donors (Lipinski definition) is 1. The van der Waals surface area contributed by atoms with Crippen LogP contribution < -0.4 is 0 Å². The summed E-state index contributed by atoms with van der Waals surface area (Å²) in [6, 6.07) is 0. The fourth-order valence-electron chi connectivity index (χ4n) is 0.751. The summed E-state index contributed by atoms with van der Waals surface area (Å²) < 4.78 is 0. The van der Waals surface area contributed by atoms with Gasteiger partial charge in [0.1, 0.15) is 11.2 Å². The van der Waals surface area contributed by atoms with Gasteiger partial charge in [0, 0.05) is 46.3 Å². The molecule has 0 aromatic rings. The Bertz CT molecular complexity index is 300. The Morgan fingerprint density at radius 3 is 1.56 bits per heavy atom. The molecule has 0 aromatic heterocycles. The molecule has 0 aromatic carbocycles. The fraction of sp³-hybridized carbons (Fsp3) is 0.727. The van der Waals surface area contributed by atoms with Gasteiger partial charge in [-0.1, -0.05) is 20.8 Å². The Balaban J connectivity index is 0. The molecule has 0 aliphatic carbocycles. The molecular weight excluding hydrogens is 340 g/mol. The summed E-state index contributed by atoms with van der Waals surface area (Å²) in [5.74, 6) is -1.98. The number of carboxylic acids is 1. The molecule has 4 nitrogen and oxygen atoms in total. The van der Waals surface area contributed by atoms with E-state index in [-0.39, 0.29) is 53.0 Å². The van der Waals surface area contributed by atoms with Crippen LogP contribution in [0, 0.1) is 51.7 Å². The van der Waals surface area contributed by atoms with Crippen LogP contribution in [0.4, 0.5) is 0 Å². The number of ketones is 2. The third-order valence-corrected chi connectivity index (χ3v) is 2.39. The monoisotopic (exact) mass is 356 g/mol. The first-order valence-electron chi connectivity index (χ1n) is 4.79. The Morgan fingerprint density at radius 1 is 0.938 bits per heavy atom. The van der Waals surface area contributed by atoms with E-state index in [2.05, 4.69) is 0 Å². The molecule has 1 N–H and O–H groups in total. The van der Waals surface area contributed by atoms with Gasteiger partial charge in [-0.05, 0) is 13.8 Å². The maximum absolute atomic E-state index is 11.6. The quantitative estimate of drug-likeness (QED) is 0.776. The number of hydrogen-bond acceptors (Lipinski definition) is 3. The molecule has 0 spiro atoms. The van der Waals surface area contributed by atoms with Crippen LogP contribution in [0.2, 0.25) is 0 Å². The van der Waals surface area contributed by atoms with Gasteiger partial charge in [-0.2, -0.15) is 0 Å². The minimum atomic E-state index is -1.49. The zero-order chi connectivity index (χ0) is 12.4. The summed E-state index contributed by atoms with van der Waals surface area (Å²) in [7, 11) is 0. The van der Waals surface area contributed by atoms with Crippen molar-refractivity contribution >= 4 is 17.5 Å². The maximum atomic E-state index is 11.6. The first-order chi connectivity index (χ1) is 6.49. The van der Waals surface area contributed by atoms with Crippen molar-refractivity contribution in [2.75, 3.05) is 0 Å². The molecule has 0 saturated carbocycles. The Morgan fingerprint density at radius 2 is 1.31 bits per heavy atom. The molecule has 0 aliphatic heterocycles. The number of carboxylic acid groups (broad SMARTS) is 1. The summed E-state index contributed by atoms with van der Waals surface area (Å²) in [5, 5.41) is 8.80. The number of aliphatic carboxylic acids is 1. The van der Waals surface area contributed by atoms with Gasteiger partial charge < -0.3 is 5.11 Å². The van der Waals surface area contributed by atoms with Crippen LogP contribution in [-0.4, -0.2) is 22.6 Å². The van der Waals surface area contributed by atoms with Crippen LogP contribution in [0.25, 0.3) is 0 Å². The van der Waals surface area contributed by atoms with Crippen LogP contribution in [0.5, 0.6) is 0 Å². The van der Waals surface area contributed by atoms with E-state index in [4.69, 9.17) is 5.11 Å². The summed E-state index contributed by atoms with van der Waals surface area (Å²) in [6.07, 6.45) is -0.317. The predicted molar refractivity (Wildman–Crippen MR) is 55.5 cm³/mol. The molecule has 0 fully saturated rings. The molecule has 0 atom stereocenters. The van der Waals surface area contributed by atoms with E-state index in [1.54, 1.807) is 20.8 Å². The summed E-state index contributed by atoms with van der Waals surface area (Å²) in [5.41, 5.74) is -2.09. The average Bonchev–Trinajstić information content (AvgIpc) is 2.01. The van der Waals surface area contributed by atoms with Crippen LogP contribution >= 0.6 is 0 Å². The topological polar surface area (TPSA) is 71.4 Å². The van der Waals surface area contributed by atoms with Gasteiger partial charge in [-0.15, -0.1) is 0 Å². The Kier molecular flexibility index (Phi) is 7.17. The largest absolute Gasteiger partial charge is 0.481 e. The third-order valence-electron chi connectivity index (χ3n) is 2.39. The van der Waals surface area contributed by atoms with Crippen molar-refractivity contribution in [3.05, 3.63) is 0 Å². The third kappa shape index (κ3) is 4.99.